The van der Waals surface area contributed by atoms with E-state index in [0.29, 0.717) is 0 Å². The van der Waals surface area contributed by atoms with E-state index in [9.17, 15) is 9.18 Å². The number of likely N-dealkylation sites (tertiary alicyclic amines) is 1. The summed E-state index contributed by atoms with van der Waals surface area (Å²) < 4.78 is 13.0. The summed E-state index contributed by atoms with van der Waals surface area (Å²) >= 11 is 0. The third-order valence-corrected chi connectivity index (χ3v) is 5.06. The Hall–Kier alpha value is -2.20. The third kappa shape index (κ3) is 5.67. The molecule has 1 aliphatic rings. The number of nitrogens with zero attached hydrogens (tertiary/aromatic N) is 1. The van der Waals surface area contributed by atoms with Gasteiger partial charge in [0.2, 0.25) is 5.91 Å². The second-order valence-electron chi connectivity index (χ2n) is 7.06. The van der Waals surface area contributed by atoms with Crippen LogP contribution >= 0.6 is 0 Å². The first-order valence-corrected chi connectivity index (χ1v) is 9.49. The maximum absolute atomic E-state index is 13.0. The topological polar surface area (TPSA) is 32.3 Å². The van der Waals surface area contributed by atoms with E-state index in [1.165, 1.54) is 17.7 Å². The van der Waals surface area contributed by atoms with E-state index in [1.807, 2.05) is 30.3 Å². The molecule has 0 bridgehead atoms. The molecule has 1 saturated heterocycles. The normalized spacial score (nSPS) is 15.7. The van der Waals surface area contributed by atoms with Gasteiger partial charge in [0.15, 0.2) is 0 Å². The number of aryl methyl sites for hydroxylation is 1. The summed E-state index contributed by atoms with van der Waals surface area (Å²) in [4.78, 5) is 14.7. The molecule has 2 aromatic rings. The molecule has 0 unspecified atom stereocenters. The molecule has 0 atom stereocenters. The first-order valence-electron chi connectivity index (χ1n) is 9.49. The van der Waals surface area contributed by atoms with Gasteiger partial charge in [-0.25, -0.2) is 4.39 Å². The van der Waals surface area contributed by atoms with Crippen LogP contribution in [-0.2, 0) is 17.8 Å². The maximum Gasteiger partial charge on any atom is 0.223 e. The van der Waals surface area contributed by atoms with Crippen molar-refractivity contribution in [1.29, 1.82) is 0 Å². The van der Waals surface area contributed by atoms with Crippen LogP contribution in [0.15, 0.2) is 54.6 Å². The van der Waals surface area contributed by atoms with Gasteiger partial charge in [-0.2, -0.15) is 0 Å². The van der Waals surface area contributed by atoms with Crippen molar-refractivity contribution in [3.05, 3.63) is 71.5 Å². The molecule has 4 heteroatoms. The first-order chi connectivity index (χ1) is 12.7. The molecule has 1 heterocycles. The Kier molecular flexibility index (Phi) is 6.78. The standard InChI is InChI=1S/C22H27FN2O/c23-21-10-8-19(9-11-21)17-25-15-12-20(13-16-25)22(26)24-14-4-7-18-5-2-1-3-6-18/h1-3,5-6,8-11,20H,4,7,12-17H2,(H,24,26). The molecule has 26 heavy (non-hydrogen) atoms. The number of hydrogen-bond acceptors (Lipinski definition) is 2. The second kappa shape index (κ2) is 9.48. The summed E-state index contributed by atoms with van der Waals surface area (Å²) in [6.45, 7) is 3.40. The van der Waals surface area contributed by atoms with Crippen molar-refractivity contribution in [2.75, 3.05) is 19.6 Å². The zero-order valence-corrected chi connectivity index (χ0v) is 15.2. The molecule has 138 valence electrons. The van der Waals surface area contributed by atoms with Gasteiger partial charge in [0, 0.05) is 19.0 Å². The molecule has 0 spiro atoms. The van der Waals surface area contributed by atoms with Crippen LogP contribution in [0.4, 0.5) is 4.39 Å². The predicted molar refractivity (Wildman–Crippen MR) is 102 cm³/mol. The van der Waals surface area contributed by atoms with Crippen molar-refractivity contribution in [1.82, 2.24) is 10.2 Å². The quantitative estimate of drug-likeness (QED) is 0.768. The van der Waals surface area contributed by atoms with Gasteiger partial charge >= 0.3 is 0 Å². The van der Waals surface area contributed by atoms with Crippen LogP contribution in [0.3, 0.4) is 0 Å². The SMILES string of the molecule is O=C(NCCCc1ccccc1)C1CCN(Cc2ccc(F)cc2)CC1. The highest BCUT2D eigenvalue weighted by molar-refractivity contribution is 5.78. The molecular weight excluding hydrogens is 327 g/mol. The van der Waals surface area contributed by atoms with E-state index < -0.39 is 0 Å². The lowest BCUT2D eigenvalue weighted by atomic mass is 9.95. The Morgan fingerprint density at radius 2 is 1.69 bits per heavy atom. The zero-order chi connectivity index (χ0) is 18.2. The van der Waals surface area contributed by atoms with E-state index in [1.54, 1.807) is 0 Å². The Labute approximate surface area is 155 Å². The van der Waals surface area contributed by atoms with E-state index >= 15 is 0 Å². The second-order valence-corrected chi connectivity index (χ2v) is 7.06. The fraction of sp³-hybridized carbons (Fsp3) is 0.409. The number of rotatable bonds is 7. The number of halogens is 1. The van der Waals surface area contributed by atoms with Crippen molar-refractivity contribution >= 4 is 5.91 Å². The highest BCUT2D eigenvalue weighted by atomic mass is 19.1. The zero-order valence-electron chi connectivity index (χ0n) is 15.2. The van der Waals surface area contributed by atoms with Gasteiger partial charge in [-0.15, -0.1) is 0 Å². The molecule has 1 fully saturated rings. The van der Waals surface area contributed by atoms with Crippen LogP contribution in [-0.4, -0.2) is 30.4 Å². The Balaban J connectivity index is 1.33. The van der Waals surface area contributed by atoms with E-state index in [-0.39, 0.29) is 17.6 Å². The van der Waals surface area contributed by atoms with Crippen LogP contribution in [0.25, 0.3) is 0 Å². The smallest absolute Gasteiger partial charge is 0.223 e. The number of amides is 1. The van der Waals surface area contributed by atoms with Gasteiger partial charge in [0.05, 0.1) is 0 Å². The van der Waals surface area contributed by atoms with Crippen LogP contribution in [0.5, 0.6) is 0 Å². The molecule has 0 aliphatic carbocycles. The minimum Gasteiger partial charge on any atom is -0.356 e. The van der Waals surface area contributed by atoms with Crippen molar-refractivity contribution < 1.29 is 9.18 Å². The van der Waals surface area contributed by atoms with Gasteiger partial charge in [0.25, 0.3) is 0 Å². The van der Waals surface area contributed by atoms with Crippen molar-refractivity contribution in [3.8, 4) is 0 Å². The molecule has 2 aromatic carbocycles. The van der Waals surface area contributed by atoms with Gasteiger partial charge in [-0.05, 0) is 62.0 Å². The van der Waals surface area contributed by atoms with Gasteiger partial charge in [-0.1, -0.05) is 42.5 Å². The molecule has 3 nitrogen and oxygen atoms in total. The Morgan fingerprint density at radius 1 is 1.00 bits per heavy atom. The summed E-state index contributed by atoms with van der Waals surface area (Å²) in [6, 6.07) is 17.0. The lowest BCUT2D eigenvalue weighted by molar-refractivity contribution is -0.126. The number of piperidine rings is 1. The largest absolute Gasteiger partial charge is 0.356 e. The number of nitrogens with one attached hydrogen (secondary N) is 1. The number of carbonyl (C=O) groups is 1. The Morgan fingerprint density at radius 3 is 2.38 bits per heavy atom. The molecule has 1 amide bonds. The van der Waals surface area contributed by atoms with Crippen LogP contribution < -0.4 is 5.32 Å². The maximum atomic E-state index is 13.0. The molecular formula is C22H27FN2O. The number of carbonyl (C=O) groups excluding carboxylic acids is 1. The average Bonchev–Trinajstić information content (AvgIpc) is 2.68. The molecule has 3 rings (SSSR count). The van der Waals surface area contributed by atoms with Gasteiger partial charge in [0.1, 0.15) is 5.82 Å². The van der Waals surface area contributed by atoms with Gasteiger partial charge < -0.3 is 5.32 Å². The minimum absolute atomic E-state index is 0.121. The van der Waals surface area contributed by atoms with Crippen LogP contribution in [0.1, 0.15) is 30.4 Å². The third-order valence-electron chi connectivity index (χ3n) is 5.06. The molecule has 1 N–H and O–H groups in total. The molecule has 1 aliphatic heterocycles. The van der Waals surface area contributed by atoms with E-state index in [2.05, 4.69) is 22.3 Å². The number of hydrogen-bond donors (Lipinski definition) is 1. The summed E-state index contributed by atoms with van der Waals surface area (Å²) in [5.41, 5.74) is 2.44. The fourth-order valence-corrected chi connectivity index (χ4v) is 3.49. The first kappa shape index (κ1) is 18.6. The van der Waals surface area contributed by atoms with Crippen LogP contribution in [0.2, 0.25) is 0 Å². The minimum atomic E-state index is -0.198. The fourth-order valence-electron chi connectivity index (χ4n) is 3.49. The summed E-state index contributed by atoms with van der Waals surface area (Å²) in [5.74, 6) is 0.118. The lowest BCUT2D eigenvalue weighted by Gasteiger charge is -2.31. The Bertz CT molecular complexity index is 679. The van der Waals surface area contributed by atoms with Gasteiger partial charge in [-0.3, -0.25) is 9.69 Å². The summed E-state index contributed by atoms with van der Waals surface area (Å²) in [6.07, 6.45) is 3.76. The summed E-state index contributed by atoms with van der Waals surface area (Å²) in [5, 5.41) is 3.09. The number of benzene rings is 2. The summed E-state index contributed by atoms with van der Waals surface area (Å²) in [7, 11) is 0. The van der Waals surface area contributed by atoms with E-state index in [0.717, 1.165) is 57.4 Å². The highest BCUT2D eigenvalue weighted by Gasteiger charge is 2.24. The predicted octanol–water partition coefficient (Wildman–Crippen LogP) is 3.79. The molecule has 0 radical (unpaired) electrons. The molecule has 0 saturated carbocycles. The van der Waals surface area contributed by atoms with E-state index in [4.69, 9.17) is 0 Å². The van der Waals surface area contributed by atoms with Crippen LogP contribution in [0, 0.1) is 11.7 Å². The average molecular weight is 354 g/mol. The monoisotopic (exact) mass is 354 g/mol. The van der Waals surface area contributed by atoms with Crippen molar-refractivity contribution in [2.24, 2.45) is 5.92 Å². The molecule has 0 aromatic heterocycles. The highest BCUT2D eigenvalue weighted by Crippen LogP contribution is 2.19. The van der Waals surface area contributed by atoms with Crippen molar-refractivity contribution in [3.63, 3.8) is 0 Å². The lowest BCUT2D eigenvalue weighted by Crippen LogP contribution is -2.40. The van der Waals surface area contributed by atoms with Crippen molar-refractivity contribution in [2.45, 2.75) is 32.2 Å².